The molecule has 4 aliphatic heterocycles. The maximum atomic E-state index is 14.1. The first-order chi connectivity index (χ1) is 22.2. The van der Waals surface area contributed by atoms with Crippen molar-refractivity contribution < 1.29 is 31.8 Å². The molecule has 0 radical (unpaired) electrons. The zero-order valence-corrected chi connectivity index (χ0v) is 27.5. The lowest BCUT2D eigenvalue weighted by Gasteiger charge is -2.28. The van der Waals surface area contributed by atoms with Crippen LogP contribution in [-0.2, 0) is 28.0 Å². The summed E-state index contributed by atoms with van der Waals surface area (Å²) in [6, 6.07) is 8.11. The lowest BCUT2D eigenvalue weighted by atomic mass is 9.95. The van der Waals surface area contributed by atoms with Crippen molar-refractivity contribution in [2.75, 3.05) is 37.6 Å². The lowest BCUT2D eigenvalue weighted by molar-refractivity contribution is -0.137. The topological polar surface area (TPSA) is 145 Å². The van der Waals surface area contributed by atoms with Crippen LogP contribution in [0.15, 0.2) is 48.9 Å². The van der Waals surface area contributed by atoms with Crippen molar-refractivity contribution in [3.8, 4) is 17.0 Å². The van der Waals surface area contributed by atoms with Crippen molar-refractivity contribution in [3.05, 3.63) is 65.7 Å². The molecule has 47 heavy (non-hydrogen) atoms. The number of aromatic nitrogens is 5. The first kappa shape index (κ1) is 33.9. The number of amides is 1. The van der Waals surface area contributed by atoms with Gasteiger partial charge in [0.15, 0.2) is 5.69 Å². The number of pyridine rings is 1. The molecule has 1 amide bonds. The third-order valence-corrected chi connectivity index (χ3v) is 9.97. The van der Waals surface area contributed by atoms with Gasteiger partial charge >= 0.3 is 6.18 Å². The highest BCUT2D eigenvalue weighted by atomic mass is 31.2. The zero-order valence-electron chi connectivity index (χ0n) is 26.6. The van der Waals surface area contributed by atoms with E-state index < -0.39 is 36.2 Å². The van der Waals surface area contributed by atoms with E-state index in [4.69, 9.17) is 9.26 Å². The largest absolute Gasteiger partial charge is 0.495 e. The SMILES string of the molecule is CCCP1(=O)Cc2ccc(c(OC)c2)Nc2ncc(C(F)(F)F)c(n2)Nc2ccc(nc2C(=O)NC)-c2cnn(c2)CC(C)(C)CO1. The quantitative estimate of drug-likeness (QED) is 0.197. The van der Waals surface area contributed by atoms with Crippen LogP contribution in [0.25, 0.3) is 11.3 Å². The number of rotatable bonds is 4. The number of ether oxygens (including phenoxy) is 1. The van der Waals surface area contributed by atoms with Gasteiger partial charge in [-0.2, -0.15) is 23.3 Å². The maximum absolute atomic E-state index is 14.1. The normalized spacial score (nSPS) is 18.0. The number of hydrogen-bond acceptors (Lipinski definition) is 10. The van der Waals surface area contributed by atoms with E-state index in [0.717, 1.165) is 0 Å². The third kappa shape index (κ3) is 7.91. The highest BCUT2D eigenvalue weighted by Crippen LogP contribution is 2.52. The van der Waals surface area contributed by atoms with Gasteiger partial charge in [-0.25, -0.2) is 9.97 Å². The van der Waals surface area contributed by atoms with Crippen molar-refractivity contribution in [3.63, 3.8) is 0 Å². The summed E-state index contributed by atoms with van der Waals surface area (Å²) < 4.78 is 69.8. The molecular formula is C31H36F3N8O4P. The van der Waals surface area contributed by atoms with E-state index >= 15 is 0 Å². The molecule has 0 saturated heterocycles. The van der Waals surface area contributed by atoms with Crippen LogP contribution in [0.2, 0.25) is 0 Å². The molecule has 7 heterocycles. The van der Waals surface area contributed by atoms with Crippen molar-refractivity contribution in [1.29, 1.82) is 0 Å². The number of carbonyl (C=O) groups excluding carboxylic acids is 1. The standard InChI is InChI=1S/C31H36F3N8O4P/c1-6-11-47(44)16-19-7-8-23(25(12-19)45-5)40-29-36-14-21(31(32,33)34)27(41-29)39-24-10-9-22(38-26(24)28(43)35-4)20-13-37-42(15-20)17-30(2,3)18-46-47/h7-10,12-15H,6,11,16-18H2,1-5H3,(H,35,43)(H2,36,39,40,41). The molecule has 250 valence electrons. The first-order valence-corrected chi connectivity index (χ1v) is 16.9. The summed E-state index contributed by atoms with van der Waals surface area (Å²) in [4.78, 5) is 25.4. The summed E-state index contributed by atoms with van der Waals surface area (Å²) in [6.45, 7) is 6.55. The monoisotopic (exact) mass is 672 g/mol. The van der Waals surface area contributed by atoms with E-state index in [1.165, 1.54) is 20.2 Å². The Morgan fingerprint density at radius 1 is 1.15 bits per heavy atom. The molecule has 1 unspecified atom stereocenters. The molecule has 4 aromatic rings. The Labute approximate surface area is 270 Å². The lowest BCUT2D eigenvalue weighted by Crippen LogP contribution is -2.25. The molecular weight excluding hydrogens is 636 g/mol. The molecule has 8 bridgehead atoms. The Hall–Kier alpha value is -4.49. The average Bonchev–Trinajstić information content (AvgIpc) is 3.47. The van der Waals surface area contributed by atoms with E-state index in [0.29, 0.717) is 53.6 Å². The van der Waals surface area contributed by atoms with Crippen LogP contribution < -0.4 is 20.7 Å². The summed E-state index contributed by atoms with van der Waals surface area (Å²) in [5.74, 6) is -1.06. The van der Waals surface area contributed by atoms with Gasteiger partial charge in [-0.05, 0) is 36.2 Å². The number of hydrogen-bond donors (Lipinski definition) is 3. The predicted molar refractivity (Wildman–Crippen MR) is 172 cm³/mol. The molecule has 8 rings (SSSR count). The Morgan fingerprint density at radius 2 is 1.91 bits per heavy atom. The van der Waals surface area contributed by atoms with Crippen LogP contribution in [0, 0.1) is 5.41 Å². The maximum Gasteiger partial charge on any atom is 0.421 e. The number of anilines is 4. The molecule has 1 atom stereocenters. The minimum Gasteiger partial charge on any atom is -0.495 e. The molecule has 0 spiro atoms. The minimum absolute atomic E-state index is 0.00509. The van der Waals surface area contributed by atoms with Gasteiger partial charge in [-0.1, -0.05) is 26.8 Å². The zero-order chi connectivity index (χ0) is 34.0. The van der Waals surface area contributed by atoms with Gasteiger partial charge in [0.05, 0.1) is 37.0 Å². The molecule has 3 N–H and O–H groups in total. The summed E-state index contributed by atoms with van der Waals surface area (Å²) in [6.07, 6.45) is 0.359. The van der Waals surface area contributed by atoms with Crippen LogP contribution in [0.4, 0.5) is 36.3 Å². The Kier molecular flexibility index (Phi) is 9.60. The van der Waals surface area contributed by atoms with Crippen LogP contribution in [0.3, 0.4) is 0 Å². The number of benzene rings is 1. The van der Waals surface area contributed by atoms with Crippen molar-refractivity contribution in [1.82, 2.24) is 30.0 Å². The molecule has 4 aliphatic rings. The summed E-state index contributed by atoms with van der Waals surface area (Å²) >= 11 is 0. The van der Waals surface area contributed by atoms with Gasteiger partial charge in [-0.3, -0.25) is 14.0 Å². The first-order valence-electron chi connectivity index (χ1n) is 14.9. The van der Waals surface area contributed by atoms with Crippen LogP contribution in [0.5, 0.6) is 5.75 Å². The summed E-state index contributed by atoms with van der Waals surface area (Å²) in [7, 11) is -0.296. The number of halogens is 3. The molecule has 12 nitrogen and oxygen atoms in total. The van der Waals surface area contributed by atoms with Gasteiger partial charge < -0.3 is 25.2 Å². The number of alkyl halides is 3. The summed E-state index contributed by atoms with van der Waals surface area (Å²) in [5, 5.41) is 12.5. The van der Waals surface area contributed by atoms with Crippen LogP contribution in [-0.4, -0.2) is 57.6 Å². The molecule has 0 fully saturated rings. The predicted octanol–water partition coefficient (Wildman–Crippen LogP) is 6.85. The second-order valence-electron chi connectivity index (χ2n) is 12.0. The third-order valence-electron chi connectivity index (χ3n) is 7.39. The van der Waals surface area contributed by atoms with Gasteiger partial charge in [0.2, 0.25) is 13.3 Å². The second kappa shape index (κ2) is 13.3. The average molecular weight is 673 g/mol. The number of nitrogens with zero attached hydrogens (tertiary/aromatic N) is 5. The number of carbonyl (C=O) groups is 1. The Morgan fingerprint density at radius 3 is 2.62 bits per heavy atom. The van der Waals surface area contributed by atoms with Gasteiger partial charge in [-0.15, -0.1) is 0 Å². The van der Waals surface area contributed by atoms with Crippen LogP contribution in [0.1, 0.15) is 48.8 Å². The van der Waals surface area contributed by atoms with E-state index in [9.17, 15) is 22.5 Å². The fourth-order valence-electron chi connectivity index (χ4n) is 5.11. The molecule has 0 saturated carbocycles. The molecule has 3 aromatic heterocycles. The molecule has 0 aliphatic carbocycles. The van der Waals surface area contributed by atoms with Crippen LogP contribution >= 0.6 is 7.37 Å². The van der Waals surface area contributed by atoms with Gasteiger partial charge in [0, 0.05) is 49.3 Å². The molecule has 1 aromatic carbocycles. The van der Waals surface area contributed by atoms with E-state index in [2.05, 4.69) is 36.0 Å². The minimum atomic E-state index is -4.82. The fraction of sp³-hybridized carbons (Fsp3) is 0.387. The second-order valence-corrected chi connectivity index (χ2v) is 14.6. The number of methoxy groups -OCH3 is 1. The summed E-state index contributed by atoms with van der Waals surface area (Å²) in [5.41, 5.74) is 0.252. The van der Waals surface area contributed by atoms with Gasteiger partial charge in [0.1, 0.15) is 17.1 Å². The Bertz CT molecular complexity index is 1830. The van der Waals surface area contributed by atoms with E-state index in [1.807, 2.05) is 20.8 Å². The van der Waals surface area contributed by atoms with Gasteiger partial charge in [0.25, 0.3) is 5.91 Å². The highest BCUT2D eigenvalue weighted by Gasteiger charge is 2.36. The molecule has 16 heteroatoms. The number of nitrogens with one attached hydrogen (secondary N) is 3. The Balaban J connectivity index is 1.65. The smallest absolute Gasteiger partial charge is 0.421 e. The fourth-order valence-corrected chi connectivity index (χ4v) is 7.51. The van der Waals surface area contributed by atoms with Crippen molar-refractivity contribution >= 4 is 36.4 Å². The van der Waals surface area contributed by atoms with E-state index in [1.54, 1.807) is 41.3 Å². The highest BCUT2D eigenvalue weighted by molar-refractivity contribution is 7.58. The van der Waals surface area contributed by atoms with Crippen molar-refractivity contribution in [2.45, 2.75) is 46.1 Å². The van der Waals surface area contributed by atoms with E-state index in [-0.39, 0.29) is 30.1 Å². The van der Waals surface area contributed by atoms with Crippen molar-refractivity contribution in [2.24, 2.45) is 5.41 Å².